The summed E-state index contributed by atoms with van der Waals surface area (Å²) in [6.45, 7) is 1.90. The highest BCUT2D eigenvalue weighted by atomic mass is 19.1. The van der Waals surface area contributed by atoms with Gasteiger partial charge in [0.15, 0.2) is 0 Å². The first kappa shape index (κ1) is 14.1. The maximum absolute atomic E-state index is 13.3. The van der Waals surface area contributed by atoms with Crippen LogP contribution in [0.25, 0.3) is 22.4 Å². The first-order chi connectivity index (χ1) is 10.7. The van der Waals surface area contributed by atoms with Crippen LogP contribution in [0.1, 0.15) is 11.3 Å². The van der Waals surface area contributed by atoms with E-state index in [2.05, 4.69) is 20.4 Å². The van der Waals surface area contributed by atoms with Gasteiger partial charge in [0, 0.05) is 12.6 Å². The van der Waals surface area contributed by atoms with Crippen molar-refractivity contribution in [2.75, 3.05) is 7.05 Å². The van der Waals surface area contributed by atoms with Gasteiger partial charge in [0.2, 0.25) is 0 Å². The molecule has 4 nitrogen and oxygen atoms in total. The summed E-state index contributed by atoms with van der Waals surface area (Å²) in [6.07, 6.45) is 1.66. The van der Waals surface area contributed by atoms with Crippen LogP contribution in [0.5, 0.6) is 0 Å². The van der Waals surface area contributed by atoms with E-state index >= 15 is 0 Å². The minimum atomic E-state index is -0.227. The second-order valence-electron chi connectivity index (χ2n) is 4.98. The zero-order chi connectivity index (χ0) is 15.5. The Morgan fingerprint density at radius 2 is 1.91 bits per heavy atom. The van der Waals surface area contributed by atoms with E-state index in [9.17, 15) is 4.39 Å². The summed E-state index contributed by atoms with van der Waals surface area (Å²) in [5, 5.41) is 10.9. The van der Waals surface area contributed by atoms with E-state index in [1.165, 1.54) is 12.1 Å². The number of hydrogen-bond acceptors (Lipinski definition) is 3. The molecule has 0 spiro atoms. The largest absolute Gasteiger partial charge is 0.294 e. The zero-order valence-electron chi connectivity index (χ0n) is 12.3. The Kier molecular flexibility index (Phi) is 3.78. The molecule has 0 aliphatic heterocycles. The minimum Gasteiger partial charge on any atom is -0.294 e. The molecule has 0 unspecified atom stereocenters. The average Bonchev–Trinajstić information content (AvgIpc) is 2.96. The smallest absolute Gasteiger partial charge is 0.131 e. The molecule has 5 heteroatoms. The van der Waals surface area contributed by atoms with E-state index in [1.807, 2.05) is 31.2 Å². The molecule has 0 saturated heterocycles. The SMILES string of the molecule is CN=Cc1n[nH]nc1-c1cccc(-c2ccc(F)cc2C)c1. The molecule has 0 bridgehead atoms. The first-order valence-electron chi connectivity index (χ1n) is 6.89. The third-order valence-electron chi connectivity index (χ3n) is 3.46. The monoisotopic (exact) mass is 294 g/mol. The molecule has 0 fully saturated rings. The molecule has 0 atom stereocenters. The Morgan fingerprint density at radius 1 is 1.09 bits per heavy atom. The molecule has 2 aromatic carbocycles. The van der Waals surface area contributed by atoms with Crippen LogP contribution >= 0.6 is 0 Å². The molecule has 1 N–H and O–H groups in total. The minimum absolute atomic E-state index is 0.227. The van der Waals surface area contributed by atoms with Crippen molar-refractivity contribution in [1.29, 1.82) is 0 Å². The predicted molar refractivity (Wildman–Crippen MR) is 85.5 cm³/mol. The van der Waals surface area contributed by atoms with Crippen LogP contribution in [0.2, 0.25) is 0 Å². The molecule has 0 amide bonds. The molecule has 0 radical (unpaired) electrons. The number of aromatic amines is 1. The summed E-state index contributed by atoms with van der Waals surface area (Å²) in [5.74, 6) is -0.227. The van der Waals surface area contributed by atoms with Gasteiger partial charge in [-0.3, -0.25) is 4.99 Å². The van der Waals surface area contributed by atoms with Gasteiger partial charge in [-0.1, -0.05) is 24.3 Å². The topological polar surface area (TPSA) is 53.9 Å². The number of nitrogens with one attached hydrogen (secondary N) is 1. The second kappa shape index (κ2) is 5.89. The maximum atomic E-state index is 13.3. The lowest BCUT2D eigenvalue weighted by molar-refractivity contribution is 0.627. The summed E-state index contributed by atoms with van der Waals surface area (Å²) in [4.78, 5) is 3.98. The second-order valence-corrected chi connectivity index (χ2v) is 4.98. The van der Waals surface area contributed by atoms with Crippen molar-refractivity contribution < 1.29 is 4.39 Å². The quantitative estimate of drug-likeness (QED) is 0.750. The van der Waals surface area contributed by atoms with Gasteiger partial charge in [0.05, 0.1) is 6.21 Å². The van der Waals surface area contributed by atoms with Crippen LogP contribution in [0.15, 0.2) is 47.5 Å². The van der Waals surface area contributed by atoms with Gasteiger partial charge in [-0.05, 0) is 41.8 Å². The van der Waals surface area contributed by atoms with Crippen molar-refractivity contribution in [3.05, 3.63) is 59.5 Å². The molecule has 0 aliphatic carbocycles. The van der Waals surface area contributed by atoms with E-state index in [1.54, 1.807) is 19.3 Å². The maximum Gasteiger partial charge on any atom is 0.131 e. The number of aliphatic imine (C=N–C) groups is 1. The van der Waals surface area contributed by atoms with Crippen LogP contribution in [-0.2, 0) is 0 Å². The van der Waals surface area contributed by atoms with E-state index in [0.29, 0.717) is 5.69 Å². The van der Waals surface area contributed by atoms with Crippen molar-refractivity contribution >= 4 is 6.21 Å². The van der Waals surface area contributed by atoms with Gasteiger partial charge in [-0.25, -0.2) is 4.39 Å². The Bertz CT molecular complexity index is 836. The van der Waals surface area contributed by atoms with E-state index in [-0.39, 0.29) is 5.82 Å². The van der Waals surface area contributed by atoms with Crippen LogP contribution in [0.4, 0.5) is 4.39 Å². The fourth-order valence-electron chi connectivity index (χ4n) is 2.45. The summed E-state index contributed by atoms with van der Waals surface area (Å²) in [5.41, 5.74) is 5.27. The standard InChI is InChI=1S/C17H15FN4/c1-11-8-14(18)6-7-15(11)12-4-3-5-13(9-12)17-16(10-19-2)20-22-21-17/h3-10H,1-2H3,(H,20,21,22). The van der Waals surface area contributed by atoms with Crippen molar-refractivity contribution in [3.8, 4) is 22.4 Å². The Hall–Kier alpha value is -2.82. The Morgan fingerprint density at radius 3 is 2.68 bits per heavy atom. The number of aromatic nitrogens is 3. The van der Waals surface area contributed by atoms with Crippen LogP contribution in [0.3, 0.4) is 0 Å². The molecule has 1 heterocycles. The number of aryl methyl sites for hydroxylation is 1. The number of hydrogen-bond donors (Lipinski definition) is 1. The van der Waals surface area contributed by atoms with E-state index < -0.39 is 0 Å². The van der Waals surface area contributed by atoms with Crippen molar-refractivity contribution in [3.63, 3.8) is 0 Å². The average molecular weight is 294 g/mol. The molecule has 0 aliphatic rings. The highest BCUT2D eigenvalue weighted by Gasteiger charge is 2.10. The van der Waals surface area contributed by atoms with E-state index in [0.717, 1.165) is 27.9 Å². The van der Waals surface area contributed by atoms with Crippen molar-refractivity contribution in [2.24, 2.45) is 4.99 Å². The number of nitrogens with zero attached hydrogens (tertiary/aromatic N) is 3. The summed E-state index contributed by atoms with van der Waals surface area (Å²) in [7, 11) is 1.69. The van der Waals surface area contributed by atoms with Gasteiger partial charge >= 0.3 is 0 Å². The molecule has 3 aromatic rings. The molecule has 22 heavy (non-hydrogen) atoms. The number of halogens is 1. The summed E-state index contributed by atoms with van der Waals surface area (Å²) >= 11 is 0. The van der Waals surface area contributed by atoms with E-state index in [4.69, 9.17) is 0 Å². The normalized spacial score (nSPS) is 11.2. The van der Waals surface area contributed by atoms with Crippen LogP contribution in [0, 0.1) is 12.7 Å². The molecule has 0 saturated carbocycles. The lowest BCUT2D eigenvalue weighted by Gasteiger charge is -2.08. The van der Waals surface area contributed by atoms with Gasteiger partial charge in [0.25, 0.3) is 0 Å². The van der Waals surface area contributed by atoms with Crippen molar-refractivity contribution in [1.82, 2.24) is 15.4 Å². The highest BCUT2D eigenvalue weighted by Crippen LogP contribution is 2.28. The summed E-state index contributed by atoms with van der Waals surface area (Å²) in [6, 6.07) is 12.7. The van der Waals surface area contributed by atoms with Gasteiger partial charge < -0.3 is 0 Å². The number of H-pyrrole nitrogens is 1. The molecule has 3 rings (SSSR count). The molecule has 1 aromatic heterocycles. The third kappa shape index (κ3) is 2.65. The fourth-order valence-corrected chi connectivity index (χ4v) is 2.45. The summed E-state index contributed by atoms with van der Waals surface area (Å²) < 4.78 is 13.3. The predicted octanol–water partition coefficient (Wildman–Crippen LogP) is 3.63. The number of rotatable bonds is 3. The lowest BCUT2D eigenvalue weighted by Crippen LogP contribution is -1.89. The van der Waals surface area contributed by atoms with Gasteiger partial charge in [-0.15, -0.1) is 0 Å². The fraction of sp³-hybridized carbons (Fsp3) is 0.118. The van der Waals surface area contributed by atoms with Crippen molar-refractivity contribution in [2.45, 2.75) is 6.92 Å². The van der Waals surface area contributed by atoms with Gasteiger partial charge in [-0.2, -0.15) is 15.4 Å². The lowest BCUT2D eigenvalue weighted by atomic mass is 9.97. The van der Waals surface area contributed by atoms with Gasteiger partial charge in [0.1, 0.15) is 17.2 Å². The third-order valence-corrected chi connectivity index (χ3v) is 3.46. The van der Waals surface area contributed by atoms with Crippen LogP contribution < -0.4 is 0 Å². The highest BCUT2D eigenvalue weighted by molar-refractivity contribution is 5.87. The Labute approximate surface area is 127 Å². The molecular weight excluding hydrogens is 279 g/mol. The molecule has 110 valence electrons. The first-order valence-corrected chi connectivity index (χ1v) is 6.89. The number of benzene rings is 2. The zero-order valence-corrected chi connectivity index (χ0v) is 12.3. The Balaban J connectivity index is 2.08. The molecular formula is C17H15FN4. The van der Waals surface area contributed by atoms with Crippen LogP contribution in [-0.4, -0.2) is 28.7 Å².